The molecule has 0 saturated heterocycles. The second kappa shape index (κ2) is 15.4. The summed E-state index contributed by atoms with van der Waals surface area (Å²) in [5, 5.41) is 7.76. The highest BCUT2D eigenvalue weighted by molar-refractivity contribution is 6.27. The highest BCUT2D eigenvalue weighted by Crippen LogP contribution is 2.42. The molecule has 0 amide bonds. The molecule has 3 nitrogen and oxygen atoms in total. The van der Waals surface area contributed by atoms with Gasteiger partial charge < -0.3 is 0 Å². The Balaban J connectivity index is 0.000000415. The lowest BCUT2D eigenvalue weighted by molar-refractivity contribution is 1.33. The van der Waals surface area contributed by atoms with Crippen LogP contribution in [0.2, 0.25) is 0 Å². The Hall–Kier alpha value is -6.45. The molecular weight excluding hydrogens is 595 g/mol. The third-order valence-electron chi connectivity index (χ3n) is 8.34. The highest BCUT2D eigenvalue weighted by Gasteiger charge is 2.15. The van der Waals surface area contributed by atoms with Gasteiger partial charge in [-0.25, -0.2) is 0 Å². The standard InChI is InChI=1S/C38H24N2.C5H7N.C3H6/c1-3-30(32-5-2-20-40-24-32)23-31(4-1)34-15-11-29-12-16-35-33(14-10-28-13-17-36(34)38(29)37(28)35)27-8-6-25(7-9-27)26-18-21-39-22-19-26;1-3-5-6-4-2;1-3-2/h1-24H;3-5H,1-2H2;3H,1H2,2H3. The van der Waals surface area contributed by atoms with Crippen LogP contribution >= 0.6 is 0 Å². The number of aromatic nitrogens is 2. The molecule has 0 aliphatic carbocycles. The summed E-state index contributed by atoms with van der Waals surface area (Å²) < 4.78 is 0. The topological polar surface area (TPSA) is 38.1 Å². The number of allylic oxidation sites excluding steroid dienone is 2. The van der Waals surface area contributed by atoms with Crippen LogP contribution < -0.4 is 0 Å². The van der Waals surface area contributed by atoms with Crippen LogP contribution in [0.5, 0.6) is 0 Å². The number of hydrogen-bond donors (Lipinski definition) is 0. The van der Waals surface area contributed by atoms with Gasteiger partial charge in [0.05, 0.1) is 0 Å². The molecule has 0 spiro atoms. The van der Waals surface area contributed by atoms with E-state index in [2.05, 4.69) is 150 Å². The van der Waals surface area contributed by atoms with Gasteiger partial charge in [0.2, 0.25) is 0 Å². The first-order valence-corrected chi connectivity index (χ1v) is 16.2. The van der Waals surface area contributed by atoms with Crippen LogP contribution in [0.3, 0.4) is 0 Å². The number of nitrogens with zero attached hydrogens (tertiary/aromatic N) is 3. The van der Waals surface area contributed by atoms with Crippen molar-refractivity contribution in [3.05, 3.63) is 184 Å². The quantitative estimate of drug-likeness (QED) is 0.104. The van der Waals surface area contributed by atoms with Crippen LogP contribution in [-0.2, 0) is 0 Å². The molecule has 0 unspecified atom stereocenters. The minimum Gasteiger partial charge on any atom is -0.265 e. The monoisotopic (exact) mass is 631 g/mol. The van der Waals surface area contributed by atoms with Crippen LogP contribution in [-0.4, -0.2) is 16.2 Å². The van der Waals surface area contributed by atoms with E-state index in [0.717, 1.165) is 5.56 Å². The number of pyridine rings is 2. The fraction of sp³-hybridized carbons (Fsp3) is 0.0217. The molecule has 0 bridgehead atoms. The van der Waals surface area contributed by atoms with Gasteiger partial charge in [-0.2, -0.15) is 0 Å². The zero-order valence-corrected chi connectivity index (χ0v) is 27.6. The van der Waals surface area contributed by atoms with Crippen molar-refractivity contribution in [3.63, 3.8) is 0 Å². The maximum Gasteiger partial charge on any atom is 0.0346 e. The molecule has 0 aliphatic rings. The molecule has 8 aromatic rings. The maximum atomic E-state index is 4.32. The molecule has 0 atom stereocenters. The third kappa shape index (κ3) is 6.97. The van der Waals surface area contributed by atoms with E-state index in [1.807, 2.05) is 37.8 Å². The number of benzene rings is 6. The second-order valence-electron chi connectivity index (χ2n) is 11.4. The normalized spacial score (nSPS) is 10.7. The van der Waals surface area contributed by atoms with E-state index in [0.29, 0.717) is 0 Å². The average Bonchev–Trinajstić information content (AvgIpc) is 3.17. The summed E-state index contributed by atoms with van der Waals surface area (Å²) in [7, 11) is 0. The summed E-state index contributed by atoms with van der Waals surface area (Å²) in [5.41, 5.74) is 9.62. The molecule has 0 aliphatic heterocycles. The second-order valence-corrected chi connectivity index (χ2v) is 11.4. The zero-order chi connectivity index (χ0) is 34.0. The van der Waals surface area contributed by atoms with Gasteiger partial charge in [0, 0.05) is 42.8 Å². The SMILES string of the molecule is C=CC.C=CC=NC=C.c1cncc(-c2cccc(-c3ccc4ccc5c(-c6ccc(-c7ccncc7)cc6)ccc6ccc3c4c65)c2)c1. The first kappa shape index (κ1) is 32.5. The summed E-state index contributed by atoms with van der Waals surface area (Å²) in [4.78, 5) is 12.1. The molecule has 236 valence electrons. The smallest absolute Gasteiger partial charge is 0.0346 e. The average molecular weight is 632 g/mol. The van der Waals surface area contributed by atoms with Gasteiger partial charge in [-0.3, -0.25) is 15.0 Å². The number of aliphatic imine (C=N–C) groups is 1. The Kier molecular flexibility index (Phi) is 10.2. The van der Waals surface area contributed by atoms with Crippen molar-refractivity contribution in [2.24, 2.45) is 4.99 Å². The fourth-order valence-corrected chi connectivity index (χ4v) is 6.21. The van der Waals surface area contributed by atoms with Crippen molar-refractivity contribution >= 4 is 38.5 Å². The summed E-state index contributed by atoms with van der Waals surface area (Å²) in [6.45, 7) is 12.0. The molecule has 6 aromatic carbocycles. The Morgan fingerprint density at radius 1 is 0.510 bits per heavy atom. The minimum atomic E-state index is 1.13. The maximum absolute atomic E-state index is 4.32. The predicted octanol–water partition coefficient (Wildman–Crippen LogP) is 12.6. The van der Waals surface area contributed by atoms with Crippen molar-refractivity contribution in [2.45, 2.75) is 6.92 Å². The summed E-state index contributed by atoms with van der Waals surface area (Å²) in [6, 6.07) is 44.1. The Morgan fingerprint density at radius 2 is 1.06 bits per heavy atom. The molecule has 49 heavy (non-hydrogen) atoms. The van der Waals surface area contributed by atoms with Crippen molar-refractivity contribution in [2.75, 3.05) is 0 Å². The molecule has 2 heterocycles. The fourth-order valence-electron chi connectivity index (χ4n) is 6.21. The van der Waals surface area contributed by atoms with Crippen LogP contribution in [0, 0.1) is 0 Å². The molecule has 2 aromatic heterocycles. The first-order chi connectivity index (χ1) is 24.2. The molecule has 0 N–H and O–H groups in total. The van der Waals surface area contributed by atoms with E-state index in [4.69, 9.17) is 0 Å². The molecule has 3 heteroatoms. The highest BCUT2D eigenvalue weighted by atomic mass is 14.6. The van der Waals surface area contributed by atoms with Crippen molar-refractivity contribution < 1.29 is 0 Å². The Morgan fingerprint density at radius 3 is 1.63 bits per heavy atom. The van der Waals surface area contributed by atoms with E-state index in [1.165, 1.54) is 77.5 Å². The summed E-state index contributed by atoms with van der Waals surface area (Å²) in [6.07, 6.45) is 13.8. The van der Waals surface area contributed by atoms with Crippen LogP contribution in [0.1, 0.15) is 6.92 Å². The van der Waals surface area contributed by atoms with Gasteiger partial charge in [-0.1, -0.05) is 122 Å². The molecule has 0 saturated carbocycles. The van der Waals surface area contributed by atoms with Crippen LogP contribution in [0.4, 0.5) is 0 Å². The molecule has 8 rings (SSSR count). The lowest BCUT2D eigenvalue weighted by atomic mass is 9.87. The van der Waals surface area contributed by atoms with Gasteiger partial charge in [0.1, 0.15) is 0 Å². The minimum absolute atomic E-state index is 1.13. The predicted molar refractivity (Wildman–Crippen MR) is 212 cm³/mol. The van der Waals surface area contributed by atoms with Crippen LogP contribution in [0.15, 0.2) is 189 Å². The molecular formula is C46H37N3. The summed E-state index contributed by atoms with van der Waals surface area (Å²) in [5.74, 6) is 0. The van der Waals surface area contributed by atoms with Gasteiger partial charge in [0.15, 0.2) is 0 Å². The van der Waals surface area contributed by atoms with E-state index < -0.39 is 0 Å². The van der Waals surface area contributed by atoms with E-state index in [1.54, 1.807) is 18.4 Å². The van der Waals surface area contributed by atoms with Gasteiger partial charge in [0.25, 0.3) is 0 Å². The number of hydrogen-bond acceptors (Lipinski definition) is 3. The van der Waals surface area contributed by atoms with Gasteiger partial charge >= 0.3 is 0 Å². The zero-order valence-electron chi connectivity index (χ0n) is 27.6. The van der Waals surface area contributed by atoms with E-state index in [-0.39, 0.29) is 0 Å². The van der Waals surface area contributed by atoms with E-state index in [9.17, 15) is 0 Å². The van der Waals surface area contributed by atoms with Crippen molar-refractivity contribution in [1.82, 2.24) is 9.97 Å². The largest absolute Gasteiger partial charge is 0.265 e. The third-order valence-corrected chi connectivity index (χ3v) is 8.34. The molecule has 0 radical (unpaired) electrons. The lowest BCUT2D eigenvalue weighted by Gasteiger charge is -2.17. The van der Waals surface area contributed by atoms with Gasteiger partial charge in [-0.05, 0) is 102 Å². The Labute approximate surface area is 288 Å². The Bertz CT molecular complexity index is 2360. The van der Waals surface area contributed by atoms with Crippen molar-refractivity contribution in [1.29, 1.82) is 0 Å². The van der Waals surface area contributed by atoms with Gasteiger partial charge in [-0.15, -0.1) is 6.58 Å². The van der Waals surface area contributed by atoms with E-state index >= 15 is 0 Å². The molecule has 0 fully saturated rings. The summed E-state index contributed by atoms with van der Waals surface area (Å²) >= 11 is 0. The number of rotatable bonds is 6. The first-order valence-electron chi connectivity index (χ1n) is 16.2. The lowest BCUT2D eigenvalue weighted by Crippen LogP contribution is -1.90. The van der Waals surface area contributed by atoms with Crippen molar-refractivity contribution in [3.8, 4) is 44.5 Å². The van der Waals surface area contributed by atoms with Crippen LogP contribution in [0.25, 0.3) is 76.8 Å².